The summed E-state index contributed by atoms with van der Waals surface area (Å²) in [5.41, 5.74) is 11.6. The molecule has 1 unspecified atom stereocenters. The van der Waals surface area contributed by atoms with Gasteiger partial charge in [0.25, 0.3) is 0 Å². The first-order valence-electron chi connectivity index (χ1n) is 6.89. The van der Waals surface area contributed by atoms with Gasteiger partial charge in [0.15, 0.2) is 5.82 Å². The van der Waals surface area contributed by atoms with Crippen LogP contribution in [-0.2, 0) is 6.54 Å². The van der Waals surface area contributed by atoms with E-state index in [9.17, 15) is 0 Å². The SMILES string of the molecule is Nc1nc2c3c(n1)N(Cc1ccc(Cl)c(Cl)c1)NC3CCS2. The quantitative estimate of drug-likeness (QED) is 0.806. The predicted molar refractivity (Wildman–Crippen MR) is 90.3 cm³/mol. The second-order valence-corrected chi connectivity index (χ2v) is 7.18. The van der Waals surface area contributed by atoms with Crippen molar-refractivity contribution in [3.8, 4) is 0 Å². The van der Waals surface area contributed by atoms with Gasteiger partial charge in [0.05, 0.1) is 22.6 Å². The maximum atomic E-state index is 6.10. The Hall–Kier alpha value is -1.21. The van der Waals surface area contributed by atoms with E-state index in [0.29, 0.717) is 22.5 Å². The molecule has 0 spiro atoms. The second-order valence-electron chi connectivity index (χ2n) is 5.28. The Morgan fingerprint density at radius 2 is 2.18 bits per heavy atom. The number of nitrogens with zero attached hydrogens (tertiary/aromatic N) is 3. The lowest BCUT2D eigenvalue weighted by Gasteiger charge is -2.20. The van der Waals surface area contributed by atoms with Crippen LogP contribution in [0.25, 0.3) is 0 Å². The highest BCUT2D eigenvalue weighted by Gasteiger charge is 2.35. The van der Waals surface area contributed by atoms with E-state index in [-0.39, 0.29) is 6.04 Å². The monoisotopic (exact) mass is 353 g/mol. The Balaban J connectivity index is 1.69. The van der Waals surface area contributed by atoms with Crippen molar-refractivity contribution in [2.75, 3.05) is 16.5 Å². The maximum Gasteiger partial charge on any atom is 0.223 e. The first kappa shape index (κ1) is 14.4. The van der Waals surface area contributed by atoms with E-state index >= 15 is 0 Å². The van der Waals surface area contributed by atoms with Gasteiger partial charge < -0.3 is 5.73 Å². The molecular formula is C14H13Cl2N5S. The predicted octanol–water partition coefficient (Wildman–Crippen LogP) is 3.43. The van der Waals surface area contributed by atoms with Gasteiger partial charge in [0.1, 0.15) is 5.03 Å². The lowest BCUT2D eigenvalue weighted by atomic mass is 10.1. The number of thioether (sulfide) groups is 1. The van der Waals surface area contributed by atoms with Crippen molar-refractivity contribution in [3.63, 3.8) is 0 Å². The summed E-state index contributed by atoms with van der Waals surface area (Å²) >= 11 is 13.8. The number of hydrogen-bond acceptors (Lipinski definition) is 6. The van der Waals surface area contributed by atoms with Gasteiger partial charge in [-0.25, -0.2) is 10.4 Å². The van der Waals surface area contributed by atoms with Gasteiger partial charge in [-0.3, -0.25) is 5.01 Å². The van der Waals surface area contributed by atoms with Crippen molar-refractivity contribution in [3.05, 3.63) is 39.4 Å². The Labute approximate surface area is 142 Å². The Bertz CT molecular complexity index is 754. The summed E-state index contributed by atoms with van der Waals surface area (Å²) in [5, 5.41) is 4.12. The molecule has 1 atom stereocenters. The highest BCUT2D eigenvalue weighted by molar-refractivity contribution is 7.99. The van der Waals surface area contributed by atoms with Crippen LogP contribution in [0.15, 0.2) is 23.2 Å². The zero-order chi connectivity index (χ0) is 15.3. The number of rotatable bonds is 2. The van der Waals surface area contributed by atoms with Crippen molar-refractivity contribution >= 4 is 46.7 Å². The maximum absolute atomic E-state index is 6.10. The average Bonchev–Trinajstić information content (AvgIpc) is 2.82. The number of halogens is 2. The molecule has 4 rings (SSSR count). The van der Waals surface area contributed by atoms with Crippen molar-refractivity contribution in [2.24, 2.45) is 0 Å². The van der Waals surface area contributed by atoms with Gasteiger partial charge >= 0.3 is 0 Å². The van der Waals surface area contributed by atoms with Crippen LogP contribution in [0.2, 0.25) is 10.0 Å². The van der Waals surface area contributed by atoms with E-state index in [1.807, 2.05) is 17.1 Å². The van der Waals surface area contributed by atoms with E-state index in [0.717, 1.165) is 34.1 Å². The van der Waals surface area contributed by atoms with Crippen molar-refractivity contribution < 1.29 is 0 Å². The van der Waals surface area contributed by atoms with Crippen molar-refractivity contribution in [1.29, 1.82) is 0 Å². The fourth-order valence-electron chi connectivity index (χ4n) is 2.81. The second kappa shape index (κ2) is 5.45. The summed E-state index contributed by atoms with van der Waals surface area (Å²) in [6.45, 7) is 0.640. The summed E-state index contributed by atoms with van der Waals surface area (Å²) < 4.78 is 0. The van der Waals surface area contributed by atoms with E-state index in [1.165, 1.54) is 0 Å². The highest BCUT2D eigenvalue weighted by atomic mass is 35.5. The largest absolute Gasteiger partial charge is 0.368 e. The van der Waals surface area contributed by atoms with Crippen LogP contribution < -0.4 is 16.2 Å². The van der Waals surface area contributed by atoms with Crippen LogP contribution in [0, 0.1) is 0 Å². The normalized spacial score (nSPS) is 19.4. The van der Waals surface area contributed by atoms with E-state index in [4.69, 9.17) is 28.9 Å². The van der Waals surface area contributed by atoms with Crippen LogP contribution in [0.4, 0.5) is 11.8 Å². The number of nitrogens with one attached hydrogen (secondary N) is 1. The highest BCUT2D eigenvalue weighted by Crippen LogP contribution is 2.44. The minimum Gasteiger partial charge on any atom is -0.368 e. The molecule has 1 aromatic carbocycles. The average molecular weight is 354 g/mol. The van der Waals surface area contributed by atoms with Gasteiger partial charge in [-0.2, -0.15) is 4.98 Å². The van der Waals surface area contributed by atoms with Gasteiger partial charge in [0, 0.05) is 11.3 Å². The minimum absolute atomic E-state index is 0.259. The van der Waals surface area contributed by atoms with Crippen LogP contribution in [0.5, 0.6) is 0 Å². The first-order valence-corrected chi connectivity index (χ1v) is 8.64. The Morgan fingerprint density at radius 3 is 3.00 bits per heavy atom. The molecular weight excluding hydrogens is 341 g/mol. The molecule has 2 aliphatic heterocycles. The molecule has 2 aromatic rings. The van der Waals surface area contributed by atoms with Crippen LogP contribution >= 0.6 is 35.0 Å². The van der Waals surface area contributed by atoms with Gasteiger partial charge in [-0.1, -0.05) is 29.3 Å². The molecule has 0 saturated heterocycles. The smallest absolute Gasteiger partial charge is 0.223 e. The molecule has 8 heteroatoms. The molecule has 0 bridgehead atoms. The molecule has 0 saturated carbocycles. The number of nitrogens with two attached hydrogens (primary N) is 1. The molecule has 1 aromatic heterocycles. The van der Waals surface area contributed by atoms with Crippen LogP contribution in [-0.4, -0.2) is 15.7 Å². The molecule has 5 nitrogen and oxygen atoms in total. The summed E-state index contributed by atoms with van der Waals surface area (Å²) in [7, 11) is 0. The third-order valence-corrected chi connectivity index (χ3v) is 5.56. The number of nitrogen functional groups attached to an aromatic ring is 1. The van der Waals surface area contributed by atoms with Gasteiger partial charge in [0.2, 0.25) is 5.95 Å². The van der Waals surface area contributed by atoms with Crippen LogP contribution in [0.3, 0.4) is 0 Å². The molecule has 3 heterocycles. The summed E-state index contributed by atoms with van der Waals surface area (Å²) in [4.78, 5) is 8.78. The minimum atomic E-state index is 0.259. The molecule has 0 amide bonds. The number of anilines is 2. The lowest BCUT2D eigenvalue weighted by molar-refractivity contribution is 0.522. The third kappa shape index (κ3) is 2.40. The molecule has 0 radical (unpaired) electrons. The topological polar surface area (TPSA) is 67.1 Å². The van der Waals surface area contributed by atoms with Gasteiger partial charge in [-0.05, 0) is 24.1 Å². The molecule has 22 heavy (non-hydrogen) atoms. The Kier molecular flexibility index (Phi) is 3.57. The third-order valence-electron chi connectivity index (χ3n) is 3.79. The number of hydrazine groups is 1. The molecule has 2 aliphatic rings. The first-order chi connectivity index (χ1) is 10.6. The number of aromatic nitrogens is 2. The summed E-state index contributed by atoms with van der Waals surface area (Å²) in [6.07, 6.45) is 1.05. The van der Waals surface area contributed by atoms with Crippen molar-refractivity contribution in [1.82, 2.24) is 15.4 Å². The molecule has 0 aliphatic carbocycles. The van der Waals surface area contributed by atoms with Crippen molar-refractivity contribution in [2.45, 2.75) is 24.0 Å². The zero-order valence-electron chi connectivity index (χ0n) is 11.5. The fraction of sp³-hybridized carbons (Fsp3) is 0.286. The standard InChI is InChI=1S/C14H13Cl2N5S/c15-8-2-1-7(5-9(8)16)6-21-12-11-10(20-21)3-4-22-13(11)19-14(17)18-12/h1-2,5,10,20H,3-4,6H2,(H2,17,18,19). The molecule has 3 N–H and O–H groups in total. The summed E-state index contributed by atoms with van der Waals surface area (Å²) in [6, 6.07) is 5.90. The van der Waals surface area contributed by atoms with Gasteiger partial charge in [-0.15, -0.1) is 11.8 Å². The van der Waals surface area contributed by atoms with Crippen LogP contribution in [0.1, 0.15) is 23.6 Å². The fourth-order valence-corrected chi connectivity index (χ4v) is 4.23. The number of hydrogen-bond donors (Lipinski definition) is 2. The lowest BCUT2D eigenvalue weighted by Crippen LogP contribution is -2.34. The van der Waals surface area contributed by atoms with E-state index < -0.39 is 0 Å². The van der Waals surface area contributed by atoms with E-state index in [2.05, 4.69) is 15.4 Å². The summed E-state index contributed by atoms with van der Waals surface area (Å²) in [5.74, 6) is 2.21. The molecule has 0 fully saturated rings. The number of benzene rings is 1. The van der Waals surface area contributed by atoms with E-state index in [1.54, 1.807) is 17.8 Å². The zero-order valence-corrected chi connectivity index (χ0v) is 13.8. The molecule has 114 valence electrons. The Morgan fingerprint density at radius 1 is 1.32 bits per heavy atom.